The van der Waals surface area contributed by atoms with Crippen molar-refractivity contribution in [2.24, 2.45) is 10.1 Å². The molecule has 0 fully saturated rings. The number of allylic oxidation sites excluding steroid dienone is 3. The van der Waals surface area contributed by atoms with Crippen LogP contribution >= 0.6 is 63.7 Å². The molecular formula is C27H27Br4N3O8. The van der Waals surface area contributed by atoms with Gasteiger partial charge < -0.3 is 34.6 Å². The number of benzene rings is 1. The average Bonchev–Trinajstić information content (AvgIpc) is 3.39. The molecule has 3 N–H and O–H groups in total. The summed E-state index contributed by atoms with van der Waals surface area (Å²) in [5, 5.41) is 27.1. The zero-order valence-corrected chi connectivity index (χ0v) is 28.6. The van der Waals surface area contributed by atoms with Gasteiger partial charge >= 0.3 is 5.79 Å². The minimum atomic E-state index is -1.61. The molecule has 1 aliphatic carbocycles. The highest BCUT2D eigenvalue weighted by molar-refractivity contribution is 9.12. The van der Waals surface area contributed by atoms with Crippen molar-refractivity contribution in [3.8, 4) is 5.75 Å². The molecule has 0 saturated carbocycles. The van der Waals surface area contributed by atoms with Crippen LogP contribution in [0, 0.1) is 0 Å². The van der Waals surface area contributed by atoms with E-state index in [9.17, 15) is 19.8 Å². The lowest BCUT2D eigenvalue weighted by molar-refractivity contribution is -0.225. The van der Waals surface area contributed by atoms with Crippen LogP contribution in [0.3, 0.4) is 0 Å². The molecule has 0 saturated heterocycles. The van der Waals surface area contributed by atoms with Gasteiger partial charge in [0, 0.05) is 36.6 Å². The van der Waals surface area contributed by atoms with Gasteiger partial charge in [-0.05, 0) is 78.3 Å². The Morgan fingerprint density at radius 1 is 1.26 bits per heavy atom. The van der Waals surface area contributed by atoms with Crippen molar-refractivity contribution in [1.82, 2.24) is 5.32 Å². The Balaban J connectivity index is 1.22. The fourth-order valence-corrected chi connectivity index (χ4v) is 7.33. The zero-order chi connectivity index (χ0) is 30.4. The first kappa shape index (κ1) is 32.7. The maximum Gasteiger partial charge on any atom is 0.311 e. The highest BCUT2D eigenvalue weighted by Gasteiger charge is 2.54. The number of hydrogen-bond acceptors (Lipinski definition) is 10. The Morgan fingerprint density at radius 3 is 2.67 bits per heavy atom. The van der Waals surface area contributed by atoms with Gasteiger partial charge in [-0.1, -0.05) is 21.1 Å². The fourth-order valence-electron chi connectivity index (χ4n) is 4.29. The molecule has 0 bridgehead atoms. The number of carbonyl (C=O) groups is 2. The molecule has 42 heavy (non-hydrogen) atoms. The molecule has 15 heteroatoms. The van der Waals surface area contributed by atoms with Gasteiger partial charge in [-0.25, -0.2) is 0 Å². The van der Waals surface area contributed by atoms with E-state index in [1.165, 1.54) is 19.6 Å². The number of amides is 1. The second-order valence-electron chi connectivity index (χ2n) is 9.40. The first-order chi connectivity index (χ1) is 20.1. The van der Waals surface area contributed by atoms with Crippen molar-refractivity contribution in [1.29, 1.82) is 0 Å². The number of carbonyl (C=O) groups excluding carboxylic acids is 2. The summed E-state index contributed by atoms with van der Waals surface area (Å²) < 4.78 is 19.4. The maximum atomic E-state index is 12.7. The maximum absolute atomic E-state index is 12.7. The van der Waals surface area contributed by atoms with Crippen molar-refractivity contribution in [3.63, 3.8) is 0 Å². The second kappa shape index (κ2) is 14.5. The van der Waals surface area contributed by atoms with Crippen LogP contribution in [-0.2, 0) is 30.3 Å². The summed E-state index contributed by atoms with van der Waals surface area (Å²) >= 11 is 13.8. The summed E-state index contributed by atoms with van der Waals surface area (Å²) in [5.41, 5.74) is 1.10. The van der Waals surface area contributed by atoms with E-state index in [2.05, 4.69) is 79.2 Å². The Hall–Kier alpha value is -2.20. The number of ether oxygens (including phenoxy) is 3. The average molecular weight is 841 g/mol. The van der Waals surface area contributed by atoms with Crippen LogP contribution in [0.4, 0.5) is 0 Å². The van der Waals surface area contributed by atoms with Crippen molar-refractivity contribution in [3.05, 3.63) is 59.0 Å². The molecule has 2 aliphatic heterocycles. The molecular weight excluding hydrogens is 814 g/mol. The topological polar surface area (TPSA) is 148 Å². The van der Waals surface area contributed by atoms with Gasteiger partial charge in [-0.2, -0.15) is 0 Å². The Bertz CT molecular complexity index is 1380. The summed E-state index contributed by atoms with van der Waals surface area (Å²) in [7, 11) is 1.49. The van der Waals surface area contributed by atoms with Crippen LogP contribution in [0.15, 0.2) is 63.5 Å². The highest BCUT2D eigenvalue weighted by Crippen LogP contribution is 2.41. The first-order valence-corrected chi connectivity index (χ1v) is 16.0. The molecule has 0 aromatic heterocycles. The first-order valence-electron chi connectivity index (χ1n) is 12.8. The molecule has 2 unspecified atom stereocenters. The van der Waals surface area contributed by atoms with Crippen LogP contribution < -0.4 is 10.1 Å². The van der Waals surface area contributed by atoms with E-state index in [1.54, 1.807) is 0 Å². The van der Waals surface area contributed by atoms with E-state index in [-0.39, 0.29) is 30.2 Å². The molecule has 1 amide bonds. The predicted octanol–water partition coefficient (Wildman–Crippen LogP) is 5.24. The van der Waals surface area contributed by atoms with E-state index < -0.39 is 17.8 Å². The standard InChI is InChI=1S/C27H27Br4N3O8/c1-39-23-18(30)11-27(41-13-19(23)31)25(37)22(34-42-27)26(38)33-6-2-8-40-24-16(28)9-14(10-17(24)29)5-7-32-12-15-20(35)3-4-21(15)36/h9-10,12-13,25,35,37H,2-8,11H2,1H3,(H,33,38). The van der Waals surface area contributed by atoms with Gasteiger partial charge in [-0.15, -0.1) is 0 Å². The molecule has 1 aromatic rings. The molecule has 0 radical (unpaired) electrons. The lowest BCUT2D eigenvalue weighted by Gasteiger charge is -2.27. The zero-order valence-electron chi connectivity index (χ0n) is 22.3. The van der Waals surface area contributed by atoms with Crippen LogP contribution in [0.1, 0.15) is 31.2 Å². The smallest absolute Gasteiger partial charge is 0.311 e. The van der Waals surface area contributed by atoms with Crippen molar-refractivity contribution in [2.75, 3.05) is 26.8 Å². The van der Waals surface area contributed by atoms with E-state index in [0.717, 1.165) is 14.5 Å². The summed E-state index contributed by atoms with van der Waals surface area (Å²) in [6, 6.07) is 3.85. The largest absolute Gasteiger partial charge is 0.511 e. The SMILES string of the molecule is COC1=C(Br)CC2(OC=C1Br)ON=C(C(=O)NCCCOc1c(Br)cc(CCN=CC3=C(O)CCC3=O)cc1Br)C2O. The predicted molar refractivity (Wildman–Crippen MR) is 169 cm³/mol. The van der Waals surface area contributed by atoms with Gasteiger partial charge in [0.15, 0.2) is 17.6 Å². The number of methoxy groups -OCH3 is 1. The third kappa shape index (κ3) is 7.47. The van der Waals surface area contributed by atoms with Gasteiger partial charge in [0.2, 0.25) is 0 Å². The Morgan fingerprint density at radius 2 is 2.00 bits per heavy atom. The van der Waals surface area contributed by atoms with Gasteiger partial charge in [0.1, 0.15) is 23.5 Å². The minimum absolute atomic E-state index is 0.0522. The number of halogens is 4. The lowest BCUT2D eigenvalue weighted by atomic mass is 10.0. The van der Waals surface area contributed by atoms with Crippen molar-refractivity contribution >= 4 is 87.3 Å². The third-order valence-corrected chi connectivity index (χ3v) is 8.86. The van der Waals surface area contributed by atoms with Crippen LogP contribution in [-0.4, -0.2) is 72.5 Å². The number of Topliss-reactive ketones (excluding diaryl/α,β-unsaturated/α-hetero) is 1. The Kier molecular flexibility index (Phi) is 11.3. The van der Waals surface area contributed by atoms with Gasteiger partial charge in [0.05, 0.1) is 39.1 Å². The molecule has 1 aromatic carbocycles. The monoisotopic (exact) mass is 837 g/mol. The van der Waals surface area contributed by atoms with Crippen molar-refractivity contribution < 1.29 is 38.9 Å². The normalized spacial score (nSPS) is 22.2. The number of rotatable bonds is 11. The van der Waals surface area contributed by atoms with Crippen LogP contribution in [0.25, 0.3) is 0 Å². The summed E-state index contributed by atoms with van der Waals surface area (Å²) in [4.78, 5) is 34.1. The molecule has 1 spiro atoms. The number of oxime groups is 1. The second-order valence-corrected chi connectivity index (χ2v) is 12.9. The molecule has 11 nitrogen and oxygen atoms in total. The molecule has 3 aliphatic rings. The van der Waals surface area contributed by atoms with Crippen LogP contribution in [0.5, 0.6) is 5.75 Å². The number of aliphatic imine (C=N–C) groups is 1. The summed E-state index contributed by atoms with van der Waals surface area (Å²) in [5.74, 6) is -1.09. The van der Waals surface area contributed by atoms with Gasteiger partial charge in [-0.3, -0.25) is 14.6 Å². The number of nitrogens with zero attached hydrogens (tertiary/aromatic N) is 2. The fraction of sp³-hybridized carbons (Fsp3) is 0.407. The molecule has 2 heterocycles. The highest BCUT2D eigenvalue weighted by atomic mass is 79.9. The number of nitrogens with one attached hydrogen (secondary N) is 1. The molecule has 2 atom stereocenters. The summed E-state index contributed by atoms with van der Waals surface area (Å²) in [6.07, 6.45) is 3.19. The quantitative estimate of drug-likeness (QED) is 0.203. The van der Waals surface area contributed by atoms with E-state index in [1.807, 2.05) is 12.1 Å². The van der Waals surface area contributed by atoms with E-state index in [4.69, 9.17) is 19.0 Å². The number of aliphatic hydroxyl groups is 2. The number of aliphatic hydroxyl groups excluding tert-OH is 2. The van der Waals surface area contributed by atoms with Gasteiger partial charge in [0.25, 0.3) is 5.91 Å². The molecule has 226 valence electrons. The minimum Gasteiger partial charge on any atom is -0.511 e. The van der Waals surface area contributed by atoms with E-state index in [0.29, 0.717) is 64.9 Å². The third-order valence-electron chi connectivity index (χ3n) is 6.50. The molecule has 4 rings (SSSR count). The van der Waals surface area contributed by atoms with Crippen LogP contribution in [0.2, 0.25) is 0 Å². The van der Waals surface area contributed by atoms with E-state index >= 15 is 0 Å². The number of ketones is 1. The van der Waals surface area contributed by atoms with Crippen molar-refractivity contribution in [2.45, 2.75) is 44.0 Å². The Labute approximate surface area is 275 Å². The summed E-state index contributed by atoms with van der Waals surface area (Å²) in [6.45, 7) is 1.03. The number of hydrogen-bond donors (Lipinski definition) is 3. The lowest BCUT2D eigenvalue weighted by Crippen LogP contribution is -2.49.